The van der Waals surface area contributed by atoms with Crippen LogP contribution >= 0.6 is 27.7 Å². The standard InChI is InChI=1S/C38H32BrN3O5S/c1-46-29-21-20-27(34(24-29)47-2)22-33(42-36(43)26-14-7-4-8-15-26)37(44)40-28-16-11-17-30(23-28)48-35(25-12-5-3-6-13-25)38(45)41-32-19-10-9-18-31(32)39/h3-24,35H,1-2H3,(H,40,44)(H,41,45)(H,42,43)/b33-22+. The van der Waals surface area contributed by atoms with E-state index in [9.17, 15) is 14.4 Å². The lowest BCUT2D eigenvalue weighted by Gasteiger charge is -2.18. The topological polar surface area (TPSA) is 106 Å². The predicted octanol–water partition coefficient (Wildman–Crippen LogP) is 8.35. The van der Waals surface area contributed by atoms with Gasteiger partial charge in [-0.1, -0.05) is 66.7 Å². The SMILES string of the molecule is COc1ccc(/C=C(/NC(=O)c2ccccc2)C(=O)Nc2cccc(SC(C(=O)Nc3ccccc3Br)c3ccccc3)c2)c(OC)c1. The van der Waals surface area contributed by atoms with Crippen LogP contribution in [0.5, 0.6) is 11.5 Å². The van der Waals surface area contributed by atoms with Gasteiger partial charge in [0.15, 0.2) is 0 Å². The number of ether oxygens (including phenoxy) is 2. The van der Waals surface area contributed by atoms with Crippen molar-refractivity contribution < 1.29 is 23.9 Å². The second-order valence-corrected chi connectivity index (χ2v) is 12.4. The Hall–Kier alpha value is -5.32. The fraction of sp³-hybridized carbons (Fsp3) is 0.0789. The zero-order valence-electron chi connectivity index (χ0n) is 26.1. The molecule has 0 bridgehead atoms. The van der Waals surface area contributed by atoms with Crippen LogP contribution in [0.25, 0.3) is 6.08 Å². The van der Waals surface area contributed by atoms with Crippen molar-refractivity contribution in [3.8, 4) is 11.5 Å². The third-order valence-electron chi connectivity index (χ3n) is 7.09. The van der Waals surface area contributed by atoms with Crippen LogP contribution < -0.4 is 25.4 Å². The number of methoxy groups -OCH3 is 2. The molecular weight excluding hydrogens is 690 g/mol. The highest BCUT2D eigenvalue weighted by Gasteiger charge is 2.23. The van der Waals surface area contributed by atoms with Gasteiger partial charge in [-0.3, -0.25) is 14.4 Å². The molecule has 0 saturated carbocycles. The Kier molecular flexibility index (Phi) is 11.7. The van der Waals surface area contributed by atoms with Crippen LogP contribution in [0.2, 0.25) is 0 Å². The molecule has 0 aliphatic heterocycles. The van der Waals surface area contributed by atoms with Gasteiger partial charge in [0.25, 0.3) is 11.8 Å². The Morgan fingerprint density at radius 1 is 0.750 bits per heavy atom. The molecule has 0 aliphatic rings. The van der Waals surface area contributed by atoms with Crippen LogP contribution in [0, 0.1) is 0 Å². The number of hydrogen-bond donors (Lipinski definition) is 3. The van der Waals surface area contributed by atoms with Crippen LogP contribution in [0.3, 0.4) is 0 Å². The van der Waals surface area contributed by atoms with Crippen LogP contribution in [0.1, 0.15) is 26.7 Å². The number of para-hydroxylation sites is 1. The summed E-state index contributed by atoms with van der Waals surface area (Å²) < 4.78 is 11.6. The van der Waals surface area contributed by atoms with Crippen molar-refractivity contribution in [1.82, 2.24) is 5.32 Å². The Bertz CT molecular complexity index is 1940. The third kappa shape index (κ3) is 8.93. The van der Waals surface area contributed by atoms with E-state index >= 15 is 0 Å². The molecule has 0 aliphatic carbocycles. The minimum atomic E-state index is -0.590. The maximum Gasteiger partial charge on any atom is 0.272 e. The molecule has 0 heterocycles. The molecule has 3 N–H and O–H groups in total. The van der Waals surface area contributed by atoms with Gasteiger partial charge in [-0.05, 0) is 82.2 Å². The molecule has 5 aromatic carbocycles. The number of halogens is 1. The maximum atomic E-state index is 13.8. The molecule has 3 amide bonds. The number of hydrogen-bond acceptors (Lipinski definition) is 6. The lowest BCUT2D eigenvalue weighted by Crippen LogP contribution is -2.30. The van der Waals surface area contributed by atoms with E-state index in [2.05, 4.69) is 31.9 Å². The molecule has 1 atom stereocenters. The summed E-state index contributed by atoms with van der Waals surface area (Å²) >= 11 is 4.85. The molecule has 0 fully saturated rings. The summed E-state index contributed by atoms with van der Waals surface area (Å²) in [5.41, 5.74) is 2.91. The Morgan fingerprint density at radius 3 is 2.17 bits per heavy atom. The first kappa shape index (κ1) is 34.0. The average molecular weight is 723 g/mol. The quantitative estimate of drug-likeness (QED) is 0.0884. The van der Waals surface area contributed by atoms with Crippen molar-refractivity contribution in [2.75, 3.05) is 24.9 Å². The molecule has 8 nitrogen and oxygen atoms in total. The van der Waals surface area contributed by atoms with Crippen LogP contribution in [0.15, 0.2) is 142 Å². The van der Waals surface area contributed by atoms with Crippen molar-refractivity contribution in [2.45, 2.75) is 10.1 Å². The van der Waals surface area contributed by atoms with Gasteiger partial charge in [0.1, 0.15) is 22.4 Å². The number of thioether (sulfide) groups is 1. The van der Waals surface area contributed by atoms with Gasteiger partial charge in [-0.2, -0.15) is 0 Å². The molecule has 0 spiro atoms. The van der Waals surface area contributed by atoms with Crippen LogP contribution in [-0.4, -0.2) is 31.9 Å². The minimum Gasteiger partial charge on any atom is -0.497 e. The first-order chi connectivity index (χ1) is 23.3. The van der Waals surface area contributed by atoms with Gasteiger partial charge in [0, 0.05) is 32.2 Å². The van der Waals surface area contributed by atoms with Crippen molar-refractivity contribution in [1.29, 1.82) is 0 Å². The Labute approximate surface area is 291 Å². The minimum absolute atomic E-state index is 0.000328. The van der Waals surface area contributed by atoms with E-state index in [0.717, 1.165) is 14.9 Å². The Morgan fingerprint density at radius 2 is 1.46 bits per heavy atom. The van der Waals surface area contributed by atoms with Gasteiger partial charge >= 0.3 is 0 Å². The second-order valence-electron chi connectivity index (χ2n) is 10.3. The van der Waals surface area contributed by atoms with Crippen molar-refractivity contribution >= 4 is 62.9 Å². The maximum absolute atomic E-state index is 13.8. The molecular formula is C38H32BrN3O5S. The summed E-state index contributed by atoms with van der Waals surface area (Å²) in [7, 11) is 3.06. The lowest BCUT2D eigenvalue weighted by atomic mass is 10.1. The van der Waals surface area contributed by atoms with E-state index < -0.39 is 17.1 Å². The number of nitrogens with one attached hydrogen (secondary N) is 3. The van der Waals surface area contributed by atoms with E-state index in [1.807, 2.05) is 60.7 Å². The van der Waals surface area contributed by atoms with E-state index in [1.165, 1.54) is 18.9 Å². The summed E-state index contributed by atoms with van der Waals surface area (Å²) in [4.78, 5) is 41.3. The summed E-state index contributed by atoms with van der Waals surface area (Å²) in [6.45, 7) is 0. The van der Waals surface area contributed by atoms with Gasteiger partial charge in [0.05, 0.1) is 19.9 Å². The fourth-order valence-corrected chi connectivity index (χ4v) is 6.15. The van der Waals surface area contributed by atoms with E-state index in [4.69, 9.17) is 9.47 Å². The summed E-state index contributed by atoms with van der Waals surface area (Å²) in [5.74, 6) is -0.160. The molecule has 1 unspecified atom stereocenters. The van der Waals surface area contributed by atoms with Gasteiger partial charge in [-0.25, -0.2) is 0 Å². The highest BCUT2D eigenvalue weighted by atomic mass is 79.9. The first-order valence-electron chi connectivity index (χ1n) is 14.8. The van der Waals surface area contributed by atoms with Gasteiger partial charge in [0.2, 0.25) is 5.91 Å². The number of benzene rings is 5. The van der Waals surface area contributed by atoms with E-state index in [0.29, 0.717) is 34.0 Å². The number of amides is 3. The predicted molar refractivity (Wildman–Crippen MR) is 194 cm³/mol. The van der Waals surface area contributed by atoms with Crippen molar-refractivity contribution in [3.63, 3.8) is 0 Å². The fourth-order valence-electron chi connectivity index (χ4n) is 4.68. The summed E-state index contributed by atoms with van der Waals surface area (Å²) in [6.07, 6.45) is 1.55. The molecule has 0 radical (unpaired) electrons. The van der Waals surface area contributed by atoms with Crippen molar-refractivity contribution in [2.24, 2.45) is 0 Å². The van der Waals surface area contributed by atoms with Crippen LogP contribution in [0.4, 0.5) is 11.4 Å². The first-order valence-corrected chi connectivity index (χ1v) is 16.5. The van der Waals surface area contributed by atoms with Gasteiger partial charge < -0.3 is 25.4 Å². The number of carbonyl (C=O) groups is 3. The summed E-state index contributed by atoms with van der Waals surface area (Å²) in [5, 5.41) is 8.09. The zero-order chi connectivity index (χ0) is 33.9. The molecule has 5 aromatic rings. The Balaban J connectivity index is 1.41. The summed E-state index contributed by atoms with van der Waals surface area (Å²) in [6, 6.07) is 37.9. The zero-order valence-corrected chi connectivity index (χ0v) is 28.5. The second kappa shape index (κ2) is 16.5. The van der Waals surface area contributed by atoms with E-state index in [1.54, 1.807) is 79.9 Å². The van der Waals surface area contributed by atoms with Crippen LogP contribution in [-0.2, 0) is 9.59 Å². The smallest absolute Gasteiger partial charge is 0.272 e. The molecule has 10 heteroatoms. The number of carbonyl (C=O) groups excluding carboxylic acids is 3. The normalized spacial score (nSPS) is 11.6. The van der Waals surface area contributed by atoms with Gasteiger partial charge in [-0.15, -0.1) is 11.8 Å². The highest BCUT2D eigenvalue weighted by molar-refractivity contribution is 9.10. The van der Waals surface area contributed by atoms with E-state index in [-0.39, 0.29) is 11.6 Å². The molecule has 48 heavy (non-hydrogen) atoms. The average Bonchev–Trinajstić information content (AvgIpc) is 3.12. The number of rotatable bonds is 12. The molecule has 242 valence electrons. The van der Waals surface area contributed by atoms with Crippen molar-refractivity contribution in [3.05, 3.63) is 154 Å². The largest absolute Gasteiger partial charge is 0.497 e. The lowest BCUT2D eigenvalue weighted by molar-refractivity contribution is -0.116. The third-order valence-corrected chi connectivity index (χ3v) is 9.03. The molecule has 0 aromatic heterocycles. The highest BCUT2D eigenvalue weighted by Crippen LogP contribution is 2.38. The molecule has 0 saturated heterocycles. The molecule has 5 rings (SSSR count). The number of anilines is 2. The monoisotopic (exact) mass is 721 g/mol.